The molecule has 1 aliphatic carbocycles. The van der Waals surface area contributed by atoms with Crippen LogP contribution in [0.1, 0.15) is 44.3 Å². The molecule has 0 aliphatic heterocycles. The van der Waals surface area contributed by atoms with Gasteiger partial charge >= 0.3 is 6.18 Å². The number of carbonyl (C=O) groups is 1. The number of nitrogens with one attached hydrogen (secondary N) is 1. The van der Waals surface area contributed by atoms with Crippen LogP contribution in [0.3, 0.4) is 0 Å². The second kappa shape index (κ2) is 6.70. The average molecular weight is 392 g/mol. The van der Waals surface area contributed by atoms with E-state index in [4.69, 9.17) is 0 Å². The first-order chi connectivity index (χ1) is 12.5. The summed E-state index contributed by atoms with van der Waals surface area (Å²) in [6, 6.07) is 1.73. The van der Waals surface area contributed by atoms with Gasteiger partial charge in [-0.3, -0.25) is 14.7 Å². The molecule has 0 radical (unpaired) electrons. The SMILES string of the molecule is CC(O)(CC(=O)Nc1nc2ccc(C(F)(F)F)nc2n1C1CCC1)C(F)F. The first kappa shape index (κ1) is 19.5. The van der Waals surface area contributed by atoms with E-state index < -0.39 is 36.2 Å². The Hall–Kier alpha value is -2.30. The Labute approximate surface area is 150 Å². The number of rotatable bonds is 5. The number of halogens is 5. The Balaban J connectivity index is 1.96. The highest BCUT2D eigenvalue weighted by Crippen LogP contribution is 2.38. The fourth-order valence-corrected chi connectivity index (χ4v) is 2.78. The minimum absolute atomic E-state index is 0.0366. The maximum Gasteiger partial charge on any atom is 0.433 e. The Morgan fingerprint density at radius 2 is 2.00 bits per heavy atom. The van der Waals surface area contributed by atoms with Crippen molar-refractivity contribution in [3.05, 3.63) is 17.8 Å². The quantitative estimate of drug-likeness (QED) is 0.763. The van der Waals surface area contributed by atoms with Crippen molar-refractivity contribution in [2.75, 3.05) is 5.32 Å². The van der Waals surface area contributed by atoms with Crippen molar-refractivity contribution in [3.8, 4) is 0 Å². The van der Waals surface area contributed by atoms with Crippen LogP contribution >= 0.6 is 0 Å². The molecular weight excluding hydrogens is 375 g/mol. The lowest BCUT2D eigenvalue weighted by atomic mass is 9.93. The molecule has 148 valence electrons. The lowest BCUT2D eigenvalue weighted by molar-refractivity contribution is -0.141. The molecule has 2 heterocycles. The number of anilines is 1. The molecule has 0 bridgehead atoms. The molecule has 6 nitrogen and oxygen atoms in total. The van der Waals surface area contributed by atoms with Crippen molar-refractivity contribution in [2.45, 2.75) is 56.9 Å². The number of hydrogen-bond acceptors (Lipinski definition) is 4. The highest BCUT2D eigenvalue weighted by molar-refractivity contribution is 5.91. The molecule has 1 fully saturated rings. The molecule has 2 aromatic heterocycles. The van der Waals surface area contributed by atoms with Crippen LogP contribution in [-0.4, -0.2) is 37.6 Å². The lowest BCUT2D eigenvalue weighted by Gasteiger charge is -2.29. The maximum absolute atomic E-state index is 13.0. The van der Waals surface area contributed by atoms with Gasteiger partial charge in [-0.2, -0.15) is 13.2 Å². The number of aromatic nitrogens is 3. The number of carbonyl (C=O) groups excluding carboxylic acids is 1. The standard InChI is InChI=1S/C16H17F5N4O2/c1-15(27,13(17)18)7-11(26)24-14-22-9-5-6-10(16(19,20)21)23-12(9)25(14)8-3-2-4-8/h5-6,8,13,27H,2-4,7H2,1H3,(H,22,24,26). The van der Waals surface area contributed by atoms with Crippen molar-refractivity contribution in [2.24, 2.45) is 0 Å². The molecule has 1 amide bonds. The summed E-state index contributed by atoms with van der Waals surface area (Å²) < 4.78 is 65.8. The van der Waals surface area contributed by atoms with Crippen LogP contribution in [0.5, 0.6) is 0 Å². The normalized spacial score (nSPS) is 17.8. The minimum atomic E-state index is -4.64. The number of imidazole rings is 1. The maximum atomic E-state index is 13.0. The van der Waals surface area contributed by atoms with Gasteiger partial charge in [0.05, 0.1) is 6.42 Å². The van der Waals surface area contributed by atoms with Gasteiger partial charge in [-0.25, -0.2) is 18.7 Å². The van der Waals surface area contributed by atoms with E-state index in [0.717, 1.165) is 25.5 Å². The zero-order valence-corrected chi connectivity index (χ0v) is 14.2. The van der Waals surface area contributed by atoms with Crippen molar-refractivity contribution < 1.29 is 31.9 Å². The van der Waals surface area contributed by atoms with E-state index in [1.54, 1.807) is 0 Å². The first-order valence-corrected chi connectivity index (χ1v) is 8.25. The molecule has 11 heteroatoms. The topological polar surface area (TPSA) is 80.0 Å². The van der Waals surface area contributed by atoms with Crippen molar-refractivity contribution in [3.63, 3.8) is 0 Å². The third-order valence-electron chi connectivity index (χ3n) is 4.51. The highest BCUT2D eigenvalue weighted by Gasteiger charge is 2.36. The Morgan fingerprint density at radius 1 is 1.33 bits per heavy atom. The summed E-state index contributed by atoms with van der Waals surface area (Å²) in [5, 5.41) is 11.9. The van der Waals surface area contributed by atoms with E-state index in [2.05, 4.69) is 15.3 Å². The molecule has 27 heavy (non-hydrogen) atoms. The molecule has 2 N–H and O–H groups in total. The number of pyridine rings is 1. The van der Waals surface area contributed by atoms with Crippen molar-refractivity contribution in [1.82, 2.24) is 14.5 Å². The zero-order chi connectivity index (χ0) is 20.0. The molecule has 1 unspecified atom stereocenters. The monoisotopic (exact) mass is 392 g/mol. The lowest BCUT2D eigenvalue weighted by Crippen LogP contribution is -2.38. The molecular formula is C16H17F5N4O2. The average Bonchev–Trinajstić information content (AvgIpc) is 2.81. The summed E-state index contributed by atoms with van der Waals surface area (Å²) in [6.07, 6.45) is -6.47. The summed E-state index contributed by atoms with van der Waals surface area (Å²) >= 11 is 0. The van der Waals surface area contributed by atoms with Crippen LogP contribution < -0.4 is 5.32 Å². The predicted octanol–water partition coefficient (Wildman–Crippen LogP) is 3.52. The number of aliphatic hydroxyl groups is 1. The third kappa shape index (κ3) is 3.87. The number of alkyl halides is 5. The van der Waals surface area contributed by atoms with E-state index in [1.165, 1.54) is 4.57 Å². The molecule has 3 rings (SSSR count). The van der Waals surface area contributed by atoms with Crippen molar-refractivity contribution in [1.29, 1.82) is 0 Å². The minimum Gasteiger partial charge on any atom is -0.384 e. The highest BCUT2D eigenvalue weighted by atomic mass is 19.4. The van der Waals surface area contributed by atoms with Gasteiger partial charge in [0.2, 0.25) is 11.9 Å². The summed E-state index contributed by atoms with van der Waals surface area (Å²) in [4.78, 5) is 19.8. The Morgan fingerprint density at radius 3 is 2.52 bits per heavy atom. The van der Waals surface area contributed by atoms with Crippen LogP contribution in [0, 0.1) is 0 Å². The van der Waals surface area contributed by atoms with Crippen LogP contribution in [-0.2, 0) is 11.0 Å². The van der Waals surface area contributed by atoms with E-state index in [0.29, 0.717) is 12.8 Å². The molecule has 0 aromatic carbocycles. The van der Waals surface area contributed by atoms with Gasteiger partial charge in [0.15, 0.2) is 5.65 Å². The van der Waals surface area contributed by atoms with E-state index in [-0.39, 0.29) is 23.2 Å². The third-order valence-corrected chi connectivity index (χ3v) is 4.51. The molecule has 1 aliphatic rings. The molecule has 2 aromatic rings. The van der Waals surface area contributed by atoms with Crippen LogP contribution in [0.2, 0.25) is 0 Å². The Kier molecular flexibility index (Phi) is 4.83. The van der Waals surface area contributed by atoms with Gasteiger partial charge in [-0.05, 0) is 38.3 Å². The van der Waals surface area contributed by atoms with Crippen LogP contribution in [0.15, 0.2) is 12.1 Å². The Bertz CT molecular complexity index is 858. The van der Waals surface area contributed by atoms with Gasteiger partial charge in [-0.15, -0.1) is 0 Å². The van der Waals surface area contributed by atoms with E-state index in [1.807, 2.05) is 0 Å². The zero-order valence-electron chi connectivity index (χ0n) is 14.2. The second-order valence-electron chi connectivity index (χ2n) is 6.81. The van der Waals surface area contributed by atoms with E-state index >= 15 is 0 Å². The summed E-state index contributed by atoms with van der Waals surface area (Å²) in [7, 11) is 0. The van der Waals surface area contributed by atoms with E-state index in [9.17, 15) is 31.9 Å². The van der Waals surface area contributed by atoms with Gasteiger partial charge in [0.1, 0.15) is 16.8 Å². The van der Waals surface area contributed by atoms with Crippen LogP contribution in [0.4, 0.5) is 27.9 Å². The van der Waals surface area contributed by atoms with Gasteiger partial charge in [0.25, 0.3) is 6.43 Å². The number of nitrogens with zero attached hydrogens (tertiary/aromatic N) is 3. The van der Waals surface area contributed by atoms with Gasteiger partial charge in [0, 0.05) is 6.04 Å². The van der Waals surface area contributed by atoms with Gasteiger partial charge < -0.3 is 5.11 Å². The first-order valence-electron chi connectivity index (χ1n) is 8.25. The number of fused-ring (bicyclic) bond motifs is 1. The predicted molar refractivity (Wildman–Crippen MR) is 85.3 cm³/mol. The summed E-state index contributed by atoms with van der Waals surface area (Å²) in [5.41, 5.74) is -3.51. The second-order valence-corrected chi connectivity index (χ2v) is 6.81. The summed E-state index contributed by atoms with van der Waals surface area (Å²) in [6.45, 7) is 0.823. The largest absolute Gasteiger partial charge is 0.433 e. The van der Waals surface area contributed by atoms with Gasteiger partial charge in [-0.1, -0.05) is 0 Å². The summed E-state index contributed by atoms with van der Waals surface area (Å²) in [5.74, 6) is -0.996. The fraction of sp³-hybridized carbons (Fsp3) is 0.562. The number of amides is 1. The number of hydrogen-bond donors (Lipinski definition) is 2. The molecule has 0 spiro atoms. The smallest absolute Gasteiger partial charge is 0.384 e. The molecule has 1 saturated carbocycles. The van der Waals surface area contributed by atoms with Crippen LogP contribution in [0.25, 0.3) is 11.2 Å². The molecule has 0 saturated heterocycles. The molecule has 1 atom stereocenters. The van der Waals surface area contributed by atoms with Crippen molar-refractivity contribution >= 4 is 23.0 Å². The fourth-order valence-electron chi connectivity index (χ4n) is 2.78.